The van der Waals surface area contributed by atoms with Gasteiger partial charge < -0.3 is 0 Å². The quantitative estimate of drug-likeness (QED) is 0.727. The highest BCUT2D eigenvalue weighted by molar-refractivity contribution is 9.10. The monoisotopic (exact) mass is 260 g/mol. The molecule has 2 aromatic rings. The van der Waals surface area contributed by atoms with E-state index in [-0.39, 0.29) is 0 Å². The van der Waals surface area contributed by atoms with Gasteiger partial charge in [0.25, 0.3) is 0 Å². The summed E-state index contributed by atoms with van der Waals surface area (Å²) >= 11 is 3.54. The molecule has 1 aromatic carbocycles. The molecule has 0 fully saturated rings. The lowest BCUT2D eigenvalue weighted by Gasteiger charge is -2.07. The first-order valence-corrected chi connectivity index (χ1v) is 5.39. The third-order valence-corrected chi connectivity index (χ3v) is 3.69. The van der Waals surface area contributed by atoms with Crippen molar-refractivity contribution in [3.63, 3.8) is 0 Å². The summed E-state index contributed by atoms with van der Waals surface area (Å²) < 4.78 is 1.11. The van der Waals surface area contributed by atoms with Gasteiger partial charge in [-0.05, 0) is 43.2 Å². The van der Waals surface area contributed by atoms with Crippen molar-refractivity contribution in [1.29, 1.82) is 5.26 Å². The number of benzene rings is 1. The van der Waals surface area contributed by atoms with Crippen LogP contribution in [0.25, 0.3) is 10.9 Å². The summed E-state index contributed by atoms with van der Waals surface area (Å²) in [5, 5.41) is 9.86. The van der Waals surface area contributed by atoms with Gasteiger partial charge in [-0.25, -0.2) is 4.98 Å². The van der Waals surface area contributed by atoms with Crippen LogP contribution < -0.4 is 0 Å². The average Bonchev–Trinajstić information content (AvgIpc) is 2.25. The molecule has 0 aliphatic rings. The SMILES string of the molecule is Cc1cc2nc(C#N)ccc2c(C)c1Br. The second kappa shape index (κ2) is 3.63. The predicted molar refractivity (Wildman–Crippen MR) is 63.6 cm³/mol. The normalized spacial score (nSPS) is 10.3. The minimum Gasteiger partial charge on any atom is -0.237 e. The molecule has 0 N–H and O–H groups in total. The summed E-state index contributed by atoms with van der Waals surface area (Å²) in [6, 6.07) is 7.74. The number of halogens is 1. The number of hydrogen-bond acceptors (Lipinski definition) is 2. The van der Waals surface area contributed by atoms with E-state index in [2.05, 4.69) is 20.9 Å². The Bertz CT molecular complexity index is 582. The highest BCUT2D eigenvalue weighted by Crippen LogP contribution is 2.28. The van der Waals surface area contributed by atoms with Gasteiger partial charge in [-0.1, -0.05) is 15.9 Å². The predicted octanol–water partition coefficient (Wildman–Crippen LogP) is 3.49. The van der Waals surface area contributed by atoms with Gasteiger partial charge in [0.15, 0.2) is 0 Å². The molecular weight excluding hydrogens is 252 g/mol. The van der Waals surface area contributed by atoms with Crippen LogP contribution in [0.1, 0.15) is 16.8 Å². The van der Waals surface area contributed by atoms with Crippen molar-refractivity contribution >= 4 is 26.8 Å². The molecule has 15 heavy (non-hydrogen) atoms. The molecular formula is C12H9BrN2. The van der Waals surface area contributed by atoms with E-state index in [0.717, 1.165) is 20.9 Å². The molecule has 0 saturated carbocycles. The first kappa shape index (κ1) is 10.1. The molecule has 0 spiro atoms. The van der Waals surface area contributed by atoms with Crippen LogP contribution in [0, 0.1) is 25.2 Å². The Hall–Kier alpha value is -1.40. The number of fused-ring (bicyclic) bond motifs is 1. The molecule has 0 radical (unpaired) electrons. The van der Waals surface area contributed by atoms with Gasteiger partial charge in [-0.15, -0.1) is 0 Å². The zero-order valence-corrected chi connectivity index (χ0v) is 10.1. The maximum atomic E-state index is 8.77. The zero-order chi connectivity index (χ0) is 11.0. The first-order valence-electron chi connectivity index (χ1n) is 4.60. The maximum absolute atomic E-state index is 8.77. The number of nitriles is 1. The van der Waals surface area contributed by atoms with Gasteiger partial charge in [0.2, 0.25) is 0 Å². The minimum atomic E-state index is 0.462. The molecule has 2 rings (SSSR count). The van der Waals surface area contributed by atoms with Crippen LogP contribution >= 0.6 is 15.9 Å². The van der Waals surface area contributed by atoms with Gasteiger partial charge in [0, 0.05) is 9.86 Å². The van der Waals surface area contributed by atoms with Crippen LogP contribution in [0.2, 0.25) is 0 Å². The number of aryl methyl sites for hydroxylation is 2. The van der Waals surface area contributed by atoms with Crippen LogP contribution in [0.4, 0.5) is 0 Å². The molecule has 0 saturated heterocycles. The van der Waals surface area contributed by atoms with Gasteiger partial charge in [0.05, 0.1) is 5.52 Å². The topological polar surface area (TPSA) is 36.7 Å². The second-order valence-electron chi connectivity index (χ2n) is 3.51. The highest BCUT2D eigenvalue weighted by Gasteiger charge is 2.06. The Kier molecular flexibility index (Phi) is 2.45. The number of aromatic nitrogens is 1. The van der Waals surface area contributed by atoms with E-state index in [9.17, 15) is 0 Å². The zero-order valence-electron chi connectivity index (χ0n) is 8.50. The van der Waals surface area contributed by atoms with Crippen molar-refractivity contribution in [3.05, 3.63) is 39.5 Å². The molecule has 74 valence electrons. The van der Waals surface area contributed by atoms with E-state index in [4.69, 9.17) is 5.26 Å². The van der Waals surface area contributed by atoms with E-state index < -0.39 is 0 Å². The van der Waals surface area contributed by atoms with Crippen molar-refractivity contribution in [2.24, 2.45) is 0 Å². The molecule has 0 aliphatic carbocycles. The Morgan fingerprint density at radius 2 is 2.07 bits per heavy atom. The fourth-order valence-electron chi connectivity index (χ4n) is 1.65. The van der Waals surface area contributed by atoms with E-state index >= 15 is 0 Å². The third-order valence-electron chi connectivity index (χ3n) is 2.47. The van der Waals surface area contributed by atoms with E-state index in [0.29, 0.717) is 5.69 Å². The van der Waals surface area contributed by atoms with Crippen molar-refractivity contribution in [2.45, 2.75) is 13.8 Å². The summed E-state index contributed by atoms with van der Waals surface area (Å²) in [5.41, 5.74) is 3.65. The standard InChI is InChI=1S/C12H9BrN2/c1-7-5-11-10(8(2)12(7)13)4-3-9(6-14)15-11/h3-5H,1-2H3. The summed E-state index contributed by atoms with van der Waals surface area (Å²) in [7, 11) is 0. The lowest BCUT2D eigenvalue weighted by Crippen LogP contribution is -1.90. The fourth-order valence-corrected chi connectivity index (χ4v) is 1.97. The Morgan fingerprint density at radius 1 is 1.33 bits per heavy atom. The summed E-state index contributed by atoms with van der Waals surface area (Å²) in [6.45, 7) is 4.07. The van der Waals surface area contributed by atoms with Crippen molar-refractivity contribution < 1.29 is 0 Å². The molecule has 0 amide bonds. The van der Waals surface area contributed by atoms with E-state index in [1.807, 2.05) is 32.0 Å². The fraction of sp³-hybridized carbons (Fsp3) is 0.167. The van der Waals surface area contributed by atoms with Crippen LogP contribution in [-0.2, 0) is 0 Å². The lowest BCUT2D eigenvalue weighted by atomic mass is 10.1. The number of rotatable bonds is 0. The summed E-state index contributed by atoms with van der Waals surface area (Å²) in [6.07, 6.45) is 0. The molecule has 1 aromatic heterocycles. The number of pyridine rings is 1. The minimum absolute atomic E-state index is 0.462. The maximum Gasteiger partial charge on any atom is 0.141 e. The van der Waals surface area contributed by atoms with E-state index in [1.165, 1.54) is 5.56 Å². The summed E-state index contributed by atoms with van der Waals surface area (Å²) in [5.74, 6) is 0. The first-order chi connectivity index (χ1) is 7.13. The van der Waals surface area contributed by atoms with Gasteiger partial charge in [-0.3, -0.25) is 0 Å². The van der Waals surface area contributed by atoms with Crippen LogP contribution in [0.5, 0.6) is 0 Å². The average molecular weight is 261 g/mol. The molecule has 1 heterocycles. The smallest absolute Gasteiger partial charge is 0.141 e. The largest absolute Gasteiger partial charge is 0.237 e. The van der Waals surface area contributed by atoms with Crippen molar-refractivity contribution in [2.75, 3.05) is 0 Å². The third kappa shape index (κ3) is 1.62. The number of nitrogens with zero attached hydrogens (tertiary/aromatic N) is 2. The van der Waals surface area contributed by atoms with Crippen LogP contribution in [0.15, 0.2) is 22.7 Å². The molecule has 0 bridgehead atoms. The number of hydrogen-bond donors (Lipinski definition) is 0. The molecule has 0 unspecified atom stereocenters. The van der Waals surface area contributed by atoms with Gasteiger partial charge in [0.1, 0.15) is 11.8 Å². The molecule has 3 heteroatoms. The molecule has 2 nitrogen and oxygen atoms in total. The lowest BCUT2D eigenvalue weighted by molar-refractivity contribution is 1.29. The Balaban J connectivity index is 2.87. The van der Waals surface area contributed by atoms with Crippen molar-refractivity contribution in [3.8, 4) is 6.07 Å². The van der Waals surface area contributed by atoms with E-state index in [1.54, 1.807) is 6.07 Å². The van der Waals surface area contributed by atoms with Crippen molar-refractivity contribution in [1.82, 2.24) is 4.98 Å². The molecule has 0 aliphatic heterocycles. The van der Waals surface area contributed by atoms with Gasteiger partial charge in [-0.2, -0.15) is 5.26 Å². The highest BCUT2D eigenvalue weighted by atomic mass is 79.9. The summed E-state index contributed by atoms with van der Waals surface area (Å²) in [4.78, 5) is 4.27. The molecule has 0 atom stereocenters. The van der Waals surface area contributed by atoms with Crippen LogP contribution in [0.3, 0.4) is 0 Å². The second-order valence-corrected chi connectivity index (χ2v) is 4.30. The van der Waals surface area contributed by atoms with Crippen LogP contribution in [-0.4, -0.2) is 4.98 Å². The Morgan fingerprint density at radius 3 is 2.73 bits per heavy atom. The Labute approximate surface area is 96.7 Å². The van der Waals surface area contributed by atoms with Gasteiger partial charge >= 0.3 is 0 Å².